The van der Waals surface area contributed by atoms with Gasteiger partial charge in [-0.25, -0.2) is 0 Å². The molecule has 62 valence electrons. The zero-order valence-corrected chi connectivity index (χ0v) is 7.08. The predicted molar refractivity (Wildman–Crippen MR) is 39.5 cm³/mol. The van der Waals surface area contributed by atoms with Crippen molar-refractivity contribution < 1.29 is 14.4 Å². The molecule has 0 aliphatic heterocycles. The molecule has 0 fully saturated rings. The first-order chi connectivity index (χ1) is 4.39. The van der Waals surface area contributed by atoms with Crippen LogP contribution in [0.3, 0.4) is 0 Å². The van der Waals surface area contributed by atoms with E-state index >= 15 is 0 Å². The summed E-state index contributed by atoms with van der Waals surface area (Å²) in [6.45, 7) is 3.57. The zero-order valence-electron chi connectivity index (χ0n) is 6.19. The van der Waals surface area contributed by atoms with Crippen LogP contribution in [0.25, 0.3) is 0 Å². The molecule has 0 aliphatic rings. The summed E-state index contributed by atoms with van der Waals surface area (Å²) in [4.78, 5) is 17.1. The summed E-state index contributed by atoms with van der Waals surface area (Å²) in [7, 11) is -4.05. The highest BCUT2D eigenvalue weighted by Crippen LogP contribution is 2.42. The average Bonchev–Trinajstić information content (AvgIpc) is 1.83. The molecule has 4 N–H and O–H groups in total. The van der Waals surface area contributed by atoms with Crippen LogP contribution in [0.5, 0.6) is 0 Å². The first-order valence-electron chi connectivity index (χ1n) is 3.20. The lowest BCUT2D eigenvalue weighted by Gasteiger charge is -2.18. The van der Waals surface area contributed by atoms with Gasteiger partial charge in [-0.2, -0.15) is 0 Å². The van der Waals surface area contributed by atoms with Gasteiger partial charge in [0.15, 0.2) is 0 Å². The van der Waals surface area contributed by atoms with E-state index in [4.69, 9.17) is 15.5 Å². The fourth-order valence-electron chi connectivity index (χ4n) is 0.573. The van der Waals surface area contributed by atoms with Gasteiger partial charge >= 0.3 is 7.60 Å². The van der Waals surface area contributed by atoms with Crippen LogP contribution in [0.4, 0.5) is 0 Å². The normalized spacial score (nSPS) is 18.5. The van der Waals surface area contributed by atoms with Gasteiger partial charge in [-0.05, 0) is 5.92 Å². The van der Waals surface area contributed by atoms with E-state index in [-0.39, 0.29) is 5.92 Å². The van der Waals surface area contributed by atoms with Crippen molar-refractivity contribution in [3.05, 3.63) is 0 Å². The van der Waals surface area contributed by atoms with Crippen molar-refractivity contribution in [3.63, 3.8) is 0 Å². The smallest absolute Gasteiger partial charge is 0.323 e. The Balaban J connectivity index is 4.08. The molecule has 0 rings (SSSR count). The third-order valence-corrected chi connectivity index (χ3v) is 2.90. The average molecular weight is 167 g/mol. The van der Waals surface area contributed by atoms with Crippen molar-refractivity contribution in [3.8, 4) is 0 Å². The number of nitrogens with two attached hydrogens (primary N) is 1. The van der Waals surface area contributed by atoms with Crippen LogP contribution < -0.4 is 5.73 Å². The Hall–Kier alpha value is 0.110. The molecule has 0 spiro atoms. The molecule has 0 heterocycles. The molecule has 0 saturated carbocycles. The molecule has 2 atom stereocenters. The van der Waals surface area contributed by atoms with Crippen LogP contribution in [0.2, 0.25) is 0 Å². The van der Waals surface area contributed by atoms with Crippen LogP contribution in [-0.4, -0.2) is 15.6 Å². The second-order valence-electron chi connectivity index (χ2n) is 2.47. The monoisotopic (exact) mass is 167 g/mol. The standard InChI is InChI=1S/C5H14NO3P/c1-3-4(2)5(6)10(7,8)9/h4-5H,3,6H2,1-2H3,(H2,7,8,9)/t4-,5-/m1/s1. The third kappa shape index (κ3) is 2.80. The summed E-state index contributed by atoms with van der Waals surface area (Å²) in [5.74, 6) is -1.13. The van der Waals surface area contributed by atoms with Gasteiger partial charge in [-0.1, -0.05) is 20.3 Å². The molecule has 5 heteroatoms. The molecule has 0 aromatic carbocycles. The van der Waals surface area contributed by atoms with Gasteiger partial charge in [-0.15, -0.1) is 0 Å². The van der Waals surface area contributed by atoms with E-state index in [0.29, 0.717) is 6.42 Å². The summed E-state index contributed by atoms with van der Waals surface area (Å²) in [5.41, 5.74) is 5.24. The Morgan fingerprint density at radius 3 is 2.10 bits per heavy atom. The number of hydrogen-bond acceptors (Lipinski definition) is 2. The second kappa shape index (κ2) is 3.49. The summed E-state index contributed by atoms with van der Waals surface area (Å²) in [5, 5.41) is 0. The van der Waals surface area contributed by atoms with Gasteiger partial charge in [-0.3, -0.25) is 4.57 Å². The summed E-state index contributed by atoms with van der Waals surface area (Å²) in [6, 6.07) is 0. The molecule has 0 aliphatic carbocycles. The molecular formula is C5H14NO3P. The van der Waals surface area contributed by atoms with Gasteiger partial charge in [0.2, 0.25) is 0 Å². The minimum Gasteiger partial charge on any atom is -0.323 e. The third-order valence-electron chi connectivity index (χ3n) is 1.62. The highest BCUT2D eigenvalue weighted by atomic mass is 31.2. The summed E-state index contributed by atoms with van der Waals surface area (Å²) >= 11 is 0. The van der Waals surface area contributed by atoms with E-state index in [1.54, 1.807) is 6.92 Å². The van der Waals surface area contributed by atoms with E-state index < -0.39 is 13.4 Å². The molecule has 0 bridgehead atoms. The van der Waals surface area contributed by atoms with Crippen molar-refractivity contribution in [1.82, 2.24) is 0 Å². The zero-order chi connectivity index (χ0) is 8.36. The number of hydrogen-bond donors (Lipinski definition) is 3. The molecule has 0 unspecified atom stereocenters. The quantitative estimate of drug-likeness (QED) is 0.534. The van der Waals surface area contributed by atoms with Crippen LogP contribution in [0.15, 0.2) is 0 Å². The van der Waals surface area contributed by atoms with Crippen LogP contribution in [0.1, 0.15) is 20.3 Å². The van der Waals surface area contributed by atoms with Crippen molar-refractivity contribution in [2.45, 2.75) is 26.1 Å². The maximum Gasteiger partial charge on any atom is 0.342 e. The fraction of sp³-hybridized carbons (Fsp3) is 1.00. The van der Waals surface area contributed by atoms with Crippen LogP contribution >= 0.6 is 7.60 Å². The van der Waals surface area contributed by atoms with Gasteiger partial charge in [0.05, 0.1) is 0 Å². The van der Waals surface area contributed by atoms with Crippen molar-refractivity contribution in [1.29, 1.82) is 0 Å². The molecule has 0 saturated heterocycles. The Labute approximate surface area is 60.6 Å². The Morgan fingerprint density at radius 2 is 2.00 bits per heavy atom. The maximum atomic E-state index is 10.5. The molecule has 0 radical (unpaired) electrons. The first kappa shape index (κ1) is 10.1. The SMILES string of the molecule is CC[C@@H](C)[C@H](N)P(=O)(O)O. The van der Waals surface area contributed by atoms with Gasteiger partial charge < -0.3 is 15.5 Å². The predicted octanol–water partition coefficient (Wildman–Crippen LogP) is 0.495. The maximum absolute atomic E-state index is 10.5. The molecule has 0 aromatic rings. The fourth-order valence-corrected chi connectivity index (χ4v) is 1.45. The lowest BCUT2D eigenvalue weighted by molar-refractivity contribution is 0.336. The van der Waals surface area contributed by atoms with E-state index in [1.165, 1.54) is 0 Å². The van der Waals surface area contributed by atoms with Crippen LogP contribution in [0, 0.1) is 5.92 Å². The summed E-state index contributed by atoms with van der Waals surface area (Å²) in [6.07, 6.45) is 0.687. The van der Waals surface area contributed by atoms with Crippen molar-refractivity contribution in [2.75, 3.05) is 0 Å². The van der Waals surface area contributed by atoms with Crippen LogP contribution in [-0.2, 0) is 4.57 Å². The summed E-state index contributed by atoms with van der Waals surface area (Å²) < 4.78 is 10.5. The minimum atomic E-state index is -4.05. The molecular weight excluding hydrogens is 153 g/mol. The Bertz CT molecular complexity index is 144. The van der Waals surface area contributed by atoms with E-state index in [0.717, 1.165) is 0 Å². The second-order valence-corrected chi connectivity index (χ2v) is 4.24. The van der Waals surface area contributed by atoms with Gasteiger partial charge in [0.25, 0.3) is 0 Å². The topological polar surface area (TPSA) is 83.6 Å². The van der Waals surface area contributed by atoms with E-state index in [1.807, 2.05) is 6.92 Å². The van der Waals surface area contributed by atoms with Gasteiger partial charge in [0.1, 0.15) is 5.78 Å². The highest BCUT2D eigenvalue weighted by Gasteiger charge is 2.28. The van der Waals surface area contributed by atoms with Crippen molar-refractivity contribution in [2.24, 2.45) is 11.7 Å². The number of rotatable bonds is 3. The molecule has 10 heavy (non-hydrogen) atoms. The Kier molecular flexibility index (Phi) is 3.52. The van der Waals surface area contributed by atoms with E-state index in [9.17, 15) is 4.57 Å². The minimum absolute atomic E-state index is 0.124. The lowest BCUT2D eigenvalue weighted by atomic mass is 10.1. The first-order valence-corrected chi connectivity index (χ1v) is 4.88. The molecule has 0 amide bonds. The Morgan fingerprint density at radius 1 is 1.60 bits per heavy atom. The largest absolute Gasteiger partial charge is 0.342 e. The molecule has 4 nitrogen and oxygen atoms in total. The lowest BCUT2D eigenvalue weighted by Crippen LogP contribution is -2.27. The highest BCUT2D eigenvalue weighted by molar-refractivity contribution is 7.52. The van der Waals surface area contributed by atoms with Gasteiger partial charge in [0, 0.05) is 0 Å². The van der Waals surface area contributed by atoms with E-state index in [2.05, 4.69) is 0 Å². The van der Waals surface area contributed by atoms with Crippen molar-refractivity contribution >= 4 is 7.60 Å². The molecule has 0 aromatic heterocycles.